The third kappa shape index (κ3) is 8.37. The summed E-state index contributed by atoms with van der Waals surface area (Å²) < 4.78 is 17.6. The number of rotatable bonds is 0. The van der Waals surface area contributed by atoms with Gasteiger partial charge in [0, 0.05) is 10.3 Å². The van der Waals surface area contributed by atoms with Crippen molar-refractivity contribution in [1.82, 2.24) is 0 Å². The van der Waals surface area contributed by atoms with E-state index in [0.717, 1.165) is 0 Å². The predicted octanol–water partition coefficient (Wildman–Crippen LogP) is -0.826. The predicted molar refractivity (Wildman–Crippen MR) is 15.0 cm³/mol. The van der Waals surface area contributed by atoms with E-state index < -0.39 is 10.3 Å². The zero-order chi connectivity index (χ0) is 3.58. The van der Waals surface area contributed by atoms with Crippen molar-refractivity contribution in [2.24, 2.45) is 0 Å². The maximum atomic E-state index is 8.78. The smallest absolute Gasteiger partial charge is 0.0246 e. The normalized spacial score (nSPS) is 6.00. The molecule has 24 valence electrons. The van der Waals surface area contributed by atoms with Crippen LogP contribution in [0, 0.1) is 0 Å². The van der Waals surface area contributed by atoms with Gasteiger partial charge in [0.1, 0.15) is 0 Å². The summed E-state index contributed by atoms with van der Waals surface area (Å²) in [6, 6.07) is 0. The van der Waals surface area contributed by atoms with Crippen molar-refractivity contribution < 1.29 is 8.42 Å². The molecule has 0 aromatic carbocycles. The third-order valence-electron chi connectivity index (χ3n) is 0. The van der Waals surface area contributed by atoms with E-state index in [4.69, 9.17) is 8.42 Å². The van der Waals surface area contributed by atoms with Gasteiger partial charge in [-0.05, 0) is 0 Å². The number of hydrogen-bond donors (Lipinski definition) is 0. The van der Waals surface area contributed by atoms with Gasteiger partial charge in [0.2, 0.25) is 0 Å². The molecule has 4 heavy (non-hydrogen) atoms. The van der Waals surface area contributed by atoms with Gasteiger partial charge in [-0.1, -0.05) is 0 Å². The van der Waals surface area contributed by atoms with E-state index in [-0.39, 0.29) is 0 Å². The molecular weight excluding hydrogens is 76.1 g/mol. The van der Waals surface area contributed by atoms with Crippen molar-refractivity contribution >= 4 is 16.2 Å². The van der Waals surface area contributed by atoms with Crippen LogP contribution in [-0.4, -0.2) is 14.3 Å². The average Bonchev–Trinajstić information content (AvgIpc) is 0.811. The lowest BCUT2D eigenvalue weighted by atomic mass is 12.0. The van der Waals surface area contributed by atoms with E-state index in [0.29, 0.717) is 0 Å². The molecule has 0 aromatic heterocycles. The molecule has 0 atom stereocenters. The Morgan fingerprint density at radius 1 is 1.50 bits per heavy atom. The first kappa shape index (κ1) is 3.69. The topological polar surface area (TPSA) is 34.1 Å². The second kappa shape index (κ2) is 1.06. The van der Waals surface area contributed by atoms with E-state index in [2.05, 4.69) is 5.87 Å². The fraction of sp³-hybridized carbons (Fsp3) is 0. The van der Waals surface area contributed by atoms with Crippen LogP contribution in [0.15, 0.2) is 0 Å². The van der Waals surface area contributed by atoms with Crippen LogP contribution in [0.1, 0.15) is 0 Å². The minimum Gasteiger partial charge on any atom is -0.376 e. The molecule has 0 aromatic rings. The van der Waals surface area contributed by atoms with Gasteiger partial charge in [-0.2, -0.15) is 0 Å². The Morgan fingerprint density at radius 3 is 1.50 bits per heavy atom. The molecule has 0 unspecified atom stereocenters. The van der Waals surface area contributed by atoms with E-state index >= 15 is 0 Å². The first-order chi connectivity index (χ1) is 1.73. The lowest BCUT2D eigenvalue weighted by molar-refractivity contribution is 0.627. The maximum absolute atomic E-state index is 8.78. The molecule has 0 radical (unpaired) electrons. The van der Waals surface area contributed by atoms with E-state index in [9.17, 15) is 0 Å². The van der Waals surface area contributed by atoms with Gasteiger partial charge in [0.15, 0.2) is 0 Å². The molecule has 0 N–H and O–H groups in total. The molecule has 0 heterocycles. The quantitative estimate of drug-likeness (QED) is 0.279. The highest BCUT2D eigenvalue weighted by Gasteiger charge is 1.11. The lowest BCUT2D eigenvalue weighted by Crippen LogP contribution is -1.39. The summed E-state index contributed by atoms with van der Waals surface area (Å²) in [6.45, 7) is 0. The molecule has 0 aliphatic rings. The molecule has 0 saturated carbocycles. The summed E-state index contributed by atoms with van der Waals surface area (Å²) in [5.74, 6) is 4.03. The van der Waals surface area contributed by atoms with Gasteiger partial charge >= 0.3 is 0 Å². The molecule has 0 amide bonds. The molecule has 0 aliphatic heterocycles. The maximum Gasteiger partial charge on any atom is 0.0246 e. The van der Waals surface area contributed by atoms with Crippen LogP contribution in [0.3, 0.4) is 0 Å². The van der Waals surface area contributed by atoms with Crippen LogP contribution in [0.2, 0.25) is 0 Å². The Labute approximate surface area is 25.6 Å². The van der Waals surface area contributed by atoms with E-state index in [1.165, 1.54) is 0 Å². The summed E-state index contributed by atoms with van der Waals surface area (Å²) in [6.07, 6.45) is 0. The van der Waals surface area contributed by atoms with Gasteiger partial charge in [0.05, 0.1) is 0 Å². The SMILES string of the molecule is [CH-]=S(=O)=O. The average molecular weight is 77.1 g/mol. The summed E-state index contributed by atoms with van der Waals surface area (Å²) in [5, 5.41) is 0. The fourth-order valence-corrected chi connectivity index (χ4v) is 0. The fourth-order valence-electron chi connectivity index (χ4n) is 0. The Hall–Kier alpha value is -0.310. The van der Waals surface area contributed by atoms with Crippen LogP contribution in [0.25, 0.3) is 0 Å². The highest BCUT2D eigenvalue weighted by atomic mass is 32.2. The Balaban J connectivity index is 4.65. The first-order valence-electron chi connectivity index (χ1n) is 0.569. The minimum atomic E-state index is -2.36. The first-order valence-corrected chi connectivity index (χ1v) is 1.71. The summed E-state index contributed by atoms with van der Waals surface area (Å²) in [7, 11) is -2.36. The number of hydrogen-bond acceptors (Lipinski definition) is 2. The van der Waals surface area contributed by atoms with Gasteiger partial charge < -0.3 is 5.87 Å². The van der Waals surface area contributed by atoms with Crippen LogP contribution >= 0.6 is 0 Å². The zero-order valence-corrected chi connectivity index (χ0v) is 2.62. The van der Waals surface area contributed by atoms with Crippen LogP contribution in [0.5, 0.6) is 0 Å². The van der Waals surface area contributed by atoms with Crippen molar-refractivity contribution in [2.45, 2.75) is 0 Å². The molecule has 0 rings (SSSR count). The van der Waals surface area contributed by atoms with Crippen LogP contribution < -0.4 is 0 Å². The molecule has 0 aliphatic carbocycles. The molecule has 0 saturated heterocycles. The monoisotopic (exact) mass is 77.0 g/mol. The van der Waals surface area contributed by atoms with Crippen molar-refractivity contribution in [3.05, 3.63) is 0 Å². The Morgan fingerprint density at radius 2 is 1.50 bits per heavy atom. The molecule has 2 nitrogen and oxygen atoms in total. The van der Waals surface area contributed by atoms with E-state index in [1.54, 1.807) is 0 Å². The minimum absolute atomic E-state index is 2.36. The third-order valence-corrected chi connectivity index (χ3v) is 0. The molecule has 0 bridgehead atoms. The Bertz CT molecular complexity index is 75.4. The van der Waals surface area contributed by atoms with Crippen molar-refractivity contribution in [3.8, 4) is 0 Å². The highest BCUT2D eigenvalue weighted by molar-refractivity contribution is 7.70. The van der Waals surface area contributed by atoms with Crippen molar-refractivity contribution in [3.63, 3.8) is 0 Å². The second-order valence-corrected chi connectivity index (χ2v) is 0.781. The van der Waals surface area contributed by atoms with Crippen molar-refractivity contribution in [2.75, 3.05) is 0 Å². The van der Waals surface area contributed by atoms with E-state index in [1.807, 2.05) is 0 Å². The molecule has 3 heteroatoms. The van der Waals surface area contributed by atoms with Gasteiger partial charge in [-0.3, -0.25) is 0 Å². The van der Waals surface area contributed by atoms with Gasteiger partial charge in [0.25, 0.3) is 0 Å². The van der Waals surface area contributed by atoms with Crippen molar-refractivity contribution in [1.29, 1.82) is 0 Å². The zero-order valence-electron chi connectivity index (χ0n) is 1.80. The van der Waals surface area contributed by atoms with Crippen LogP contribution in [-0.2, 0) is 10.3 Å². The molecule has 0 spiro atoms. The Kier molecular flexibility index (Phi) is 0.979. The second-order valence-electron chi connectivity index (χ2n) is 0.260. The largest absolute Gasteiger partial charge is 0.376 e. The van der Waals surface area contributed by atoms with Gasteiger partial charge in [-0.15, -0.1) is 0 Å². The molecule has 0 fully saturated rings. The summed E-state index contributed by atoms with van der Waals surface area (Å²) in [4.78, 5) is 0. The molecular formula is CHO2S-. The summed E-state index contributed by atoms with van der Waals surface area (Å²) >= 11 is 0. The summed E-state index contributed by atoms with van der Waals surface area (Å²) in [5.41, 5.74) is 0. The highest BCUT2D eigenvalue weighted by Crippen LogP contribution is 1.08. The lowest BCUT2D eigenvalue weighted by Gasteiger charge is -1.36. The standard InChI is InChI=1S/CHO2S/c1-4(2)3/h1H/q-1. The van der Waals surface area contributed by atoms with Gasteiger partial charge in [-0.25, -0.2) is 8.42 Å². The van der Waals surface area contributed by atoms with Crippen LogP contribution in [0.4, 0.5) is 0 Å².